The van der Waals surface area contributed by atoms with Gasteiger partial charge in [0.25, 0.3) is 0 Å². The van der Waals surface area contributed by atoms with Crippen LogP contribution in [0, 0.1) is 11.8 Å². The van der Waals surface area contributed by atoms with Crippen LogP contribution in [0.25, 0.3) is 0 Å². The Morgan fingerprint density at radius 1 is 1.00 bits per heavy atom. The highest BCUT2D eigenvalue weighted by molar-refractivity contribution is 5.77. The van der Waals surface area contributed by atoms with E-state index in [4.69, 9.17) is 9.47 Å². The fraction of sp³-hybridized carbons (Fsp3) is 0.659. The van der Waals surface area contributed by atoms with Crippen molar-refractivity contribution in [3.63, 3.8) is 0 Å². The van der Waals surface area contributed by atoms with Crippen LogP contribution in [0.2, 0.25) is 0 Å². The minimum atomic E-state index is -0.420. The lowest BCUT2D eigenvalue weighted by molar-refractivity contribution is -0.142. The molecule has 3 fully saturated rings. The Morgan fingerprint density at radius 2 is 1.73 bits per heavy atom. The Morgan fingerprint density at radius 3 is 2.44 bits per heavy atom. The van der Waals surface area contributed by atoms with Crippen LogP contribution < -0.4 is 9.47 Å². The molecule has 3 aliphatic carbocycles. The van der Waals surface area contributed by atoms with Gasteiger partial charge in [-0.15, -0.1) is 0 Å². The van der Waals surface area contributed by atoms with Gasteiger partial charge in [0.2, 0.25) is 5.91 Å². The van der Waals surface area contributed by atoms with Gasteiger partial charge in [0.15, 0.2) is 11.5 Å². The Hall–Kier alpha value is -3.06. The zero-order valence-corrected chi connectivity index (χ0v) is 29.3. The Labute approximate surface area is 287 Å². The summed E-state index contributed by atoms with van der Waals surface area (Å²) in [5.41, 5.74) is 3.20. The number of benzene rings is 2. The predicted molar refractivity (Wildman–Crippen MR) is 188 cm³/mol. The number of piperidine rings is 1. The first-order chi connectivity index (χ1) is 23.4. The number of esters is 1. The van der Waals surface area contributed by atoms with Crippen LogP contribution in [-0.2, 0) is 27.8 Å². The van der Waals surface area contributed by atoms with E-state index in [1.54, 1.807) is 6.07 Å². The topological polar surface area (TPSA) is 79.3 Å². The maximum Gasteiger partial charge on any atom is 0.308 e. The molecule has 2 saturated carbocycles. The summed E-state index contributed by atoms with van der Waals surface area (Å²) in [6, 6.07) is 12.7. The molecule has 7 heteroatoms. The van der Waals surface area contributed by atoms with E-state index in [-0.39, 0.29) is 29.2 Å². The molecule has 2 heterocycles. The van der Waals surface area contributed by atoms with Crippen LogP contribution in [0.3, 0.4) is 0 Å². The van der Waals surface area contributed by atoms with Crippen molar-refractivity contribution in [1.29, 1.82) is 0 Å². The Bertz CT molecular complexity index is 1460. The van der Waals surface area contributed by atoms with Gasteiger partial charge in [0.1, 0.15) is 11.9 Å². The number of ether oxygens (including phenoxy) is 2. The number of carbonyl (C=O) groups excluding carboxylic acids is 2. The summed E-state index contributed by atoms with van der Waals surface area (Å²) >= 11 is 0. The average molecular weight is 657 g/mol. The van der Waals surface area contributed by atoms with Crippen molar-refractivity contribution in [2.75, 3.05) is 19.6 Å². The number of likely N-dealkylation sites (tertiary alicyclic amines) is 1. The highest BCUT2D eigenvalue weighted by atomic mass is 16.6. The van der Waals surface area contributed by atoms with E-state index >= 15 is 0 Å². The summed E-state index contributed by atoms with van der Waals surface area (Å²) in [5, 5.41) is 11.4. The van der Waals surface area contributed by atoms with Crippen molar-refractivity contribution in [2.24, 2.45) is 11.8 Å². The maximum absolute atomic E-state index is 13.9. The second kappa shape index (κ2) is 14.4. The molecule has 5 atom stereocenters. The van der Waals surface area contributed by atoms with Crippen LogP contribution in [0.5, 0.6) is 17.2 Å². The molecule has 7 nitrogen and oxygen atoms in total. The summed E-state index contributed by atoms with van der Waals surface area (Å²) in [6.07, 6.45) is 17.5. The van der Waals surface area contributed by atoms with Gasteiger partial charge in [0, 0.05) is 55.1 Å². The number of aryl methyl sites for hydroxylation is 1. The number of hydrogen-bond acceptors (Lipinski definition) is 6. The second-order valence-corrected chi connectivity index (χ2v) is 15.5. The number of carbonyl (C=O) groups is 2. The number of phenolic OH excluding ortho intramolecular Hbond substituents is 1. The molecule has 0 radical (unpaired) electrons. The molecule has 0 aromatic heterocycles. The third-order valence-corrected chi connectivity index (χ3v) is 12.4. The summed E-state index contributed by atoms with van der Waals surface area (Å²) in [5.74, 6) is 2.20. The van der Waals surface area contributed by atoms with Crippen molar-refractivity contribution in [1.82, 2.24) is 9.80 Å². The number of hydrogen-bond donors (Lipinski definition) is 1. The van der Waals surface area contributed by atoms with Gasteiger partial charge in [-0.3, -0.25) is 14.5 Å². The van der Waals surface area contributed by atoms with Gasteiger partial charge in [-0.2, -0.15) is 0 Å². The lowest BCUT2D eigenvalue weighted by Gasteiger charge is -2.60. The molecule has 260 valence electrons. The fourth-order valence-electron chi connectivity index (χ4n) is 10.1. The van der Waals surface area contributed by atoms with Gasteiger partial charge in [-0.25, -0.2) is 0 Å². The van der Waals surface area contributed by atoms with E-state index in [0.717, 1.165) is 68.7 Å². The smallest absolute Gasteiger partial charge is 0.308 e. The quantitative estimate of drug-likeness (QED) is 0.113. The first kappa shape index (κ1) is 33.4. The largest absolute Gasteiger partial charge is 0.508 e. The molecular weight excluding hydrogens is 600 g/mol. The molecule has 7 rings (SSSR count). The molecule has 2 aromatic rings. The highest BCUT2D eigenvalue weighted by Crippen LogP contribution is 2.66. The number of phenols is 1. The van der Waals surface area contributed by atoms with E-state index in [9.17, 15) is 14.7 Å². The standard InChI is InChI=1S/C41H56N2O5/c1-3-43(37(46)18-14-9-7-5-4-6-8-11-15-29-16-12-10-13-17-29)33-22-21-32-34-25-31-35(45)26-36(47-28(2)44)39-38(31)41(32,40(33)48-39)23-24-42(34)27-30-19-20-30/h10,12-13,16-17,26,30,32-34,40,45H,3-9,11,14-15,18-25,27H2,1-2H3/t32-,33-,34+,40-,41-/m0/s1. The van der Waals surface area contributed by atoms with E-state index in [1.807, 2.05) is 0 Å². The van der Waals surface area contributed by atoms with Crippen molar-refractivity contribution in [3.8, 4) is 17.2 Å². The number of nitrogens with zero attached hydrogens (tertiary/aromatic N) is 2. The molecule has 0 unspecified atom stereocenters. The number of likely N-dealkylation sites (N-methyl/N-ethyl adjacent to an activating group) is 1. The first-order valence-corrected chi connectivity index (χ1v) is 19.2. The van der Waals surface area contributed by atoms with Gasteiger partial charge in [-0.1, -0.05) is 68.9 Å². The average Bonchev–Trinajstić information content (AvgIpc) is 3.83. The Kier molecular flexibility index (Phi) is 10.0. The summed E-state index contributed by atoms with van der Waals surface area (Å²) < 4.78 is 12.6. The number of unbranched alkanes of at least 4 members (excludes halogenated alkanes) is 7. The summed E-state index contributed by atoms with van der Waals surface area (Å²) in [4.78, 5) is 30.8. The molecular formula is C41H56N2O5. The number of rotatable bonds is 16. The van der Waals surface area contributed by atoms with Crippen LogP contribution >= 0.6 is 0 Å². The lowest BCUT2D eigenvalue weighted by Crippen LogP contribution is -2.69. The van der Waals surface area contributed by atoms with Crippen LogP contribution in [0.1, 0.15) is 120 Å². The maximum atomic E-state index is 13.9. The molecule has 1 spiro atoms. The Balaban J connectivity index is 0.984. The molecule has 2 aromatic carbocycles. The first-order valence-electron chi connectivity index (χ1n) is 19.2. The second-order valence-electron chi connectivity index (χ2n) is 15.5. The zero-order chi connectivity index (χ0) is 33.3. The van der Waals surface area contributed by atoms with E-state index < -0.39 is 5.97 Å². The molecule has 2 aliphatic heterocycles. The van der Waals surface area contributed by atoms with E-state index in [2.05, 4.69) is 47.1 Å². The predicted octanol–water partition coefficient (Wildman–Crippen LogP) is 7.74. The summed E-state index contributed by atoms with van der Waals surface area (Å²) in [7, 11) is 0. The van der Waals surface area contributed by atoms with Gasteiger partial charge in [0.05, 0.1) is 6.04 Å². The van der Waals surface area contributed by atoms with Gasteiger partial charge >= 0.3 is 5.97 Å². The highest BCUT2D eigenvalue weighted by Gasteiger charge is 2.67. The minimum Gasteiger partial charge on any atom is -0.508 e. The molecule has 2 bridgehead atoms. The monoisotopic (exact) mass is 656 g/mol. The van der Waals surface area contributed by atoms with Gasteiger partial charge < -0.3 is 19.5 Å². The lowest BCUT2D eigenvalue weighted by atomic mass is 9.50. The van der Waals surface area contributed by atoms with Gasteiger partial charge in [-0.05, 0) is 88.7 Å². The SMILES string of the molecule is CCN(C(=O)CCCCCCCCCCc1ccccc1)[C@H]1CC[C@H]2[C@H]3Cc4c(O)cc(OC(C)=O)c5c4[C@@]2(CCN3CC2CC2)[C@H]1O5. The van der Waals surface area contributed by atoms with Crippen LogP contribution in [0.15, 0.2) is 36.4 Å². The van der Waals surface area contributed by atoms with Crippen molar-refractivity contribution in [3.05, 3.63) is 53.1 Å². The summed E-state index contributed by atoms with van der Waals surface area (Å²) in [6.45, 7) is 6.32. The van der Waals surface area contributed by atoms with Crippen molar-refractivity contribution in [2.45, 2.75) is 140 Å². The van der Waals surface area contributed by atoms with E-state index in [1.165, 1.54) is 70.3 Å². The minimum absolute atomic E-state index is 0.0315. The molecule has 48 heavy (non-hydrogen) atoms. The molecule has 5 aliphatic rings. The molecule has 1 N–H and O–H groups in total. The molecule has 1 amide bonds. The fourth-order valence-corrected chi connectivity index (χ4v) is 10.1. The third-order valence-electron chi connectivity index (χ3n) is 12.4. The zero-order valence-electron chi connectivity index (χ0n) is 29.3. The van der Waals surface area contributed by atoms with Crippen LogP contribution in [-0.4, -0.2) is 64.6 Å². The number of amides is 1. The normalized spacial score (nSPS) is 26.9. The third kappa shape index (κ3) is 6.48. The van der Waals surface area contributed by atoms with Crippen molar-refractivity contribution < 1.29 is 24.2 Å². The number of aromatic hydroxyl groups is 1. The molecule has 1 saturated heterocycles. The van der Waals surface area contributed by atoms with Crippen LogP contribution in [0.4, 0.5) is 0 Å². The van der Waals surface area contributed by atoms with E-state index in [0.29, 0.717) is 36.4 Å². The van der Waals surface area contributed by atoms with Crippen molar-refractivity contribution >= 4 is 11.9 Å².